The largest absolute Gasteiger partial charge is 0.432 e. The standard InChI is InChI=1S/C17H25NO2/c1-11(2)20-15(19)10-17(5,6)16-13(4)8-12(3)9-14(16)18-7/h8-9,18H,1,10H2,2-7H3. The molecule has 0 spiro atoms. The number of carbonyl (C=O) groups excluding carboxylic acids is 1. The third kappa shape index (κ3) is 3.86. The third-order valence-electron chi connectivity index (χ3n) is 3.30. The molecule has 1 N–H and O–H groups in total. The molecule has 20 heavy (non-hydrogen) atoms. The molecule has 0 saturated carbocycles. The van der Waals surface area contributed by atoms with Crippen LogP contribution in [0.5, 0.6) is 0 Å². The maximum atomic E-state index is 11.9. The van der Waals surface area contributed by atoms with Gasteiger partial charge in [-0.2, -0.15) is 0 Å². The molecule has 3 heteroatoms. The second-order valence-corrected chi connectivity index (χ2v) is 5.99. The number of carbonyl (C=O) groups is 1. The summed E-state index contributed by atoms with van der Waals surface area (Å²) < 4.78 is 5.09. The van der Waals surface area contributed by atoms with E-state index in [0.29, 0.717) is 12.2 Å². The van der Waals surface area contributed by atoms with Crippen LogP contribution < -0.4 is 5.32 Å². The van der Waals surface area contributed by atoms with Crippen molar-refractivity contribution in [3.05, 3.63) is 41.2 Å². The molecule has 0 bridgehead atoms. The number of benzene rings is 1. The van der Waals surface area contributed by atoms with Crippen LogP contribution in [0.4, 0.5) is 5.69 Å². The summed E-state index contributed by atoms with van der Waals surface area (Å²) in [6.07, 6.45) is 0.318. The fourth-order valence-corrected chi connectivity index (χ4v) is 2.74. The van der Waals surface area contributed by atoms with E-state index >= 15 is 0 Å². The molecular weight excluding hydrogens is 250 g/mol. The number of aryl methyl sites for hydroxylation is 2. The van der Waals surface area contributed by atoms with Gasteiger partial charge in [-0.1, -0.05) is 26.5 Å². The Balaban J connectivity index is 3.14. The maximum absolute atomic E-state index is 11.9. The molecule has 3 nitrogen and oxygen atoms in total. The van der Waals surface area contributed by atoms with E-state index in [1.807, 2.05) is 7.05 Å². The Hall–Kier alpha value is -1.77. The fourth-order valence-electron chi connectivity index (χ4n) is 2.74. The van der Waals surface area contributed by atoms with E-state index in [9.17, 15) is 4.79 Å². The molecule has 0 aliphatic carbocycles. The van der Waals surface area contributed by atoms with E-state index in [1.54, 1.807) is 6.92 Å². The number of allylic oxidation sites excluding steroid dienone is 1. The molecule has 0 unspecified atom stereocenters. The summed E-state index contributed by atoms with van der Waals surface area (Å²) in [6.45, 7) is 13.6. The van der Waals surface area contributed by atoms with Crippen molar-refractivity contribution in [1.29, 1.82) is 0 Å². The Bertz CT molecular complexity index is 530. The summed E-state index contributed by atoms with van der Waals surface area (Å²) in [6, 6.07) is 4.25. The van der Waals surface area contributed by atoms with E-state index < -0.39 is 0 Å². The lowest BCUT2D eigenvalue weighted by Crippen LogP contribution is -2.25. The van der Waals surface area contributed by atoms with Crippen LogP contribution in [-0.2, 0) is 14.9 Å². The van der Waals surface area contributed by atoms with Crippen molar-refractivity contribution in [1.82, 2.24) is 0 Å². The van der Waals surface area contributed by atoms with E-state index in [-0.39, 0.29) is 11.4 Å². The van der Waals surface area contributed by atoms with Crippen molar-refractivity contribution in [2.45, 2.75) is 46.5 Å². The van der Waals surface area contributed by atoms with Crippen molar-refractivity contribution in [2.75, 3.05) is 12.4 Å². The van der Waals surface area contributed by atoms with Gasteiger partial charge in [0.25, 0.3) is 0 Å². The minimum Gasteiger partial charge on any atom is -0.432 e. The van der Waals surface area contributed by atoms with Gasteiger partial charge >= 0.3 is 5.97 Å². The number of nitrogens with one attached hydrogen (secondary N) is 1. The van der Waals surface area contributed by atoms with Gasteiger partial charge in [0, 0.05) is 18.2 Å². The first-order chi connectivity index (χ1) is 9.17. The van der Waals surface area contributed by atoms with Crippen LogP contribution in [0.1, 0.15) is 43.9 Å². The number of anilines is 1. The summed E-state index contributed by atoms with van der Waals surface area (Å²) in [5, 5.41) is 3.23. The van der Waals surface area contributed by atoms with Crippen LogP contribution in [0.25, 0.3) is 0 Å². The molecule has 0 atom stereocenters. The first-order valence-electron chi connectivity index (χ1n) is 6.83. The minimum atomic E-state index is -0.303. The van der Waals surface area contributed by atoms with Crippen LogP contribution in [0.3, 0.4) is 0 Å². The first kappa shape index (κ1) is 16.3. The molecule has 1 rings (SSSR count). The molecule has 0 saturated heterocycles. The molecule has 0 fully saturated rings. The SMILES string of the molecule is C=C(C)OC(=O)CC(C)(C)c1c(C)cc(C)cc1NC. The summed E-state index contributed by atoms with van der Waals surface area (Å²) in [5.41, 5.74) is 4.31. The smallest absolute Gasteiger partial charge is 0.311 e. The number of ether oxygens (including phenoxy) is 1. The second-order valence-electron chi connectivity index (χ2n) is 5.99. The van der Waals surface area contributed by atoms with Crippen molar-refractivity contribution in [3.63, 3.8) is 0 Å². The van der Waals surface area contributed by atoms with Gasteiger partial charge in [0.1, 0.15) is 0 Å². The summed E-state index contributed by atoms with van der Waals surface area (Å²) in [5.74, 6) is 0.185. The van der Waals surface area contributed by atoms with Crippen molar-refractivity contribution in [2.24, 2.45) is 0 Å². The molecule has 0 radical (unpaired) electrons. The van der Waals surface area contributed by atoms with Gasteiger partial charge in [-0.15, -0.1) is 0 Å². The van der Waals surface area contributed by atoms with Gasteiger partial charge in [-0.05, 0) is 43.5 Å². The molecule has 1 aromatic rings. The minimum absolute atomic E-state index is 0.246. The van der Waals surface area contributed by atoms with Crippen LogP contribution in [0.2, 0.25) is 0 Å². The van der Waals surface area contributed by atoms with E-state index in [2.05, 4.69) is 51.7 Å². The Morgan fingerprint density at radius 2 is 1.95 bits per heavy atom. The Kier molecular flexibility index (Phi) is 4.98. The van der Waals surface area contributed by atoms with Gasteiger partial charge in [0.2, 0.25) is 0 Å². The van der Waals surface area contributed by atoms with Gasteiger partial charge in [-0.3, -0.25) is 4.79 Å². The van der Waals surface area contributed by atoms with E-state index in [0.717, 1.165) is 11.3 Å². The van der Waals surface area contributed by atoms with Crippen molar-refractivity contribution < 1.29 is 9.53 Å². The third-order valence-corrected chi connectivity index (χ3v) is 3.30. The fraction of sp³-hybridized carbons (Fsp3) is 0.471. The zero-order valence-electron chi connectivity index (χ0n) is 13.4. The Morgan fingerprint density at radius 1 is 1.35 bits per heavy atom. The normalized spacial score (nSPS) is 11.1. The first-order valence-corrected chi connectivity index (χ1v) is 6.83. The molecule has 0 aromatic heterocycles. The molecule has 0 aliphatic rings. The van der Waals surface area contributed by atoms with Crippen LogP contribution in [0.15, 0.2) is 24.5 Å². The van der Waals surface area contributed by atoms with Crippen LogP contribution in [0, 0.1) is 13.8 Å². The molecule has 0 amide bonds. The van der Waals surface area contributed by atoms with E-state index in [4.69, 9.17) is 4.74 Å². The van der Waals surface area contributed by atoms with Gasteiger partial charge < -0.3 is 10.1 Å². The van der Waals surface area contributed by atoms with Gasteiger partial charge in [0.15, 0.2) is 0 Å². The predicted octanol–water partition coefficient (Wildman–Crippen LogP) is 4.09. The highest BCUT2D eigenvalue weighted by Gasteiger charge is 2.29. The highest BCUT2D eigenvalue weighted by Crippen LogP contribution is 2.36. The average Bonchev–Trinajstić information content (AvgIpc) is 2.24. The topological polar surface area (TPSA) is 38.3 Å². The summed E-state index contributed by atoms with van der Waals surface area (Å²) in [7, 11) is 1.90. The van der Waals surface area contributed by atoms with Gasteiger partial charge in [0.05, 0.1) is 12.2 Å². The number of esters is 1. The second kappa shape index (κ2) is 6.12. The Morgan fingerprint density at radius 3 is 2.45 bits per heavy atom. The molecule has 0 heterocycles. The highest BCUT2D eigenvalue weighted by atomic mass is 16.5. The molecule has 0 aliphatic heterocycles. The average molecular weight is 275 g/mol. The number of hydrogen-bond acceptors (Lipinski definition) is 3. The van der Waals surface area contributed by atoms with Gasteiger partial charge in [-0.25, -0.2) is 0 Å². The van der Waals surface area contributed by atoms with Crippen LogP contribution >= 0.6 is 0 Å². The highest BCUT2D eigenvalue weighted by molar-refractivity contribution is 5.74. The molecule has 110 valence electrons. The summed E-state index contributed by atoms with van der Waals surface area (Å²) in [4.78, 5) is 11.9. The predicted molar refractivity (Wildman–Crippen MR) is 84.0 cm³/mol. The zero-order chi connectivity index (χ0) is 15.5. The van der Waals surface area contributed by atoms with E-state index in [1.165, 1.54) is 11.1 Å². The number of rotatable bonds is 5. The molecule has 1 aromatic carbocycles. The zero-order valence-corrected chi connectivity index (χ0v) is 13.4. The number of hydrogen-bond donors (Lipinski definition) is 1. The Labute approximate surface area is 122 Å². The monoisotopic (exact) mass is 275 g/mol. The lowest BCUT2D eigenvalue weighted by atomic mass is 9.78. The lowest BCUT2D eigenvalue weighted by Gasteiger charge is -2.29. The lowest BCUT2D eigenvalue weighted by molar-refractivity contribution is -0.140. The van der Waals surface area contributed by atoms with Crippen LogP contribution in [-0.4, -0.2) is 13.0 Å². The summed E-state index contributed by atoms with van der Waals surface area (Å²) >= 11 is 0. The molecular formula is C17H25NO2. The van der Waals surface area contributed by atoms with Crippen molar-refractivity contribution >= 4 is 11.7 Å². The maximum Gasteiger partial charge on any atom is 0.311 e. The van der Waals surface area contributed by atoms with Crippen molar-refractivity contribution in [3.8, 4) is 0 Å². The quantitative estimate of drug-likeness (QED) is 0.649.